The van der Waals surface area contributed by atoms with Crippen molar-refractivity contribution in [1.29, 1.82) is 5.26 Å². The smallest absolute Gasteiger partial charge is 0.292 e. The molecule has 0 saturated heterocycles. The van der Waals surface area contributed by atoms with Crippen LogP contribution in [0.15, 0.2) is 36.5 Å². The van der Waals surface area contributed by atoms with Crippen LogP contribution in [0.4, 0.5) is 0 Å². The zero-order valence-corrected chi connectivity index (χ0v) is 11.8. The Bertz CT molecular complexity index is 645. The van der Waals surface area contributed by atoms with Gasteiger partial charge in [-0.25, -0.2) is 4.98 Å². The number of aromatic nitrogens is 1. The van der Waals surface area contributed by atoms with Crippen LogP contribution in [0.25, 0.3) is 11.1 Å². The minimum Gasteiger partial charge on any atom is -0.481 e. The van der Waals surface area contributed by atoms with E-state index in [0.717, 1.165) is 16.7 Å². The third kappa shape index (κ3) is 2.72. The number of hydrogen-bond donors (Lipinski definition) is 0. The van der Waals surface area contributed by atoms with Gasteiger partial charge in [-0.05, 0) is 23.1 Å². The van der Waals surface area contributed by atoms with Gasteiger partial charge in [-0.2, -0.15) is 0 Å². The zero-order valence-electron chi connectivity index (χ0n) is 11.8. The summed E-state index contributed by atoms with van der Waals surface area (Å²) >= 11 is 0. The summed E-state index contributed by atoms with van der Waals surface area (Å²) in [4.78, 5) is 4.09. The molecule has 0 atom stereocenters. The van der Waals surface area contributed by atoms with E-state index in [9.17, 15) is 0 Å². The molecule has 0 fully saturated rings. The molecular formula is C16H16N2O2. The number of rotatable bonds is 4. The fourth-order valence-corrected chi connectivity index (χ4v) is 2.08. The molecule has 0 aliphatic heterocycles. The average Bonchev–Trinajstić information content (AvgIpc) is 2.47. The van der Waals surface area contributed by atoms with Crippen molar-refractivity contribution in [2.24, 2.45) is 0 Å². The number of nitriles is 1. The van der Waals surface area contributed by atoms with Crippen LogP contribution in [0, 0.1) is 11.5 Å². The summed E-state index contributed by atoms with van der Waals surface area (Å²) in [6.07, 6.45) is 3.44. The fraction of sp³-hybridized carbons (Fsp3) is 0.250. The molecule has 0 bridgehead atoms. The maximum atomic E-state index is 8.89. The molecule has 1 aromatic heterocycles. The lowest BCUT2D eigenvalue weighted by atomic mass is 9.96. The van der Waals surface area contributed by atoms with E-state index in [1.54, 1.807) is 19.6 Å². The van der Waals surface area contributed by atoms with Gasteiger partial charge in [0.1, 0.15) is 0 Å². The van der Waals surface area contributed by atoms with Gasteiger partial charge in [-0.1, -0.05) is 32.0 Å². The van der Waals surface area contributed by atoms with E-state index in [0.29, 0.717) is 11.6 Å². The van der Waals surface area contributed by atoms with Crippen molar-refractivity contribution in [3.8, 4) is 29.0 Å². The number of ether oxygens (including phenoxy) is 2. The molecule has 2 aromatic rings. The summed E-state index contributed by atoms with van der Waals surface area (Å²) in [6, 6.07) is 9.55. The van der Waals surface area contributed by atoms with E-state index in [1.165, 1.54) is 0 Å². The third-order valence-corrected chi connectivity index (χ3v) is 3.07. The first-order valence-corrected chi connectivity index (χ1v) is 6.36. The minimum atomic E-state index is 0.266. The first-order chi connectivity index (χ1) is 9.67. The summed E-state index contributed by atoms with van der Waals surface area (Å²) in [7, 11) is 1.57. The molecule has 0 radical (unpaired) electrons. The van der Waals surface area contributed by atoms with Gasteiger partial charge in [0.15, 0.2) is 5.75 Å². The molecule has 0 spiro atoms. The number of benzene rings is 1. The summed E-state index contributed by atoms with van der Waals surface area (Å²) in [6.45, 7) is 4.13. The molecule has 102 valence electrons. The summed E-state index contributed by atoms with van der Waals surface area (Å²) in [5.41, 5.74) is 2.77. The summed E-state index contributed by atoms with van der Waals surface area (Å²) < 4.78 is 10.3. The van der Waals surface area contributed by atoms with Crippen molar-refractivity contribution < 1.29 is 9.47 Å². The van der Waals surface area contributed by atoms with E-state index < -0.39 is 0 Å². The van der Waals surface area contributed by atoms with Crippen LogP contribution in [-0.2, 0) is 0 Å². The standard InChI is InChI=1S/C16H16N2O2/c1-11(2)13-5-4-6-14(16(13)20-10-17)12-7-8-18-15(9-12)19-3/h4-9,11H,1-3H3. The van der Waals surface area contributed by atoms with E-state index >= 15 is 0 Å². The third-order valence-electron chi connectivity index (χ3n) is 3.07. The number of para-hydroxylation sites is 1. The van der Waals surface area contributed by atoms with E-state index in [-0.39, 0.29) is 5.92 Å². The van der Waals surface area contributed by atoms with Gasteiger partial charge < -0.3 is 9.47 Å². The van der Waals surface area contributed by atoms with Gasteiger partial charge in [-0.15, -0.1) is 5.26 Å². The molecule has 0 saturated carbocycles. The van der Waals surface area contributed by atoms with Crippen LogP contribution < -0.4 is 9.47 Å². The Kier molecular flexibility index (Phi) is 4.21. The molecule has 0 aliphatic rings. The Labute approximate surface area is 118 Å². The highest BCUT2D eigenvalue weighted by atomic mass is 16.5. The summed E-state index contributed by atoms with van der Waals surface area (Å²) in [5.74, 6) is 1.39. The second kappa shape index (κ2) is 6.07. The lowest BCUT2D eigenvalue weighted by Gasteiger charge is -2.14. The van der Waals surface area contributed by atoms with Gasteiger partial charge >= 0.3 is 0 Å². The molecule has 2 rings (SSSR count). The average molecular weight is 268 g/mol. The Balaban J connectivity index is 2.60. The fourth-order valence-electron chi connectivity index (χ4n) is 2.08. The van der Waals surface area contributed by atoms with E-state index in [4.69, 9.17) is 14.7 Å². The van der Waals surface area contributed by atoms with Gasteiger partial charge in [0, 0.05) is 17.8 Å². The Morgan fingerprint density at radius 2 is 2.05 bits per heavy atom. The molecule has 0 aliphatic carbocycles. The van der Waals surface area contributed by atoms with Crippen LogP contribution in [0.5, 0.6) is 11.6 Å². The van der Waals surface area contributed by atoms with Crippen molar-refractivity contribution in [1.82, 2.24) is 4.98 Å². The number of pyridine rings is 1. The molecule has 4 heteroatoms. The van der Waals surface area contributed by atoms with Crippen LogP contribution >= 0.6 is 0 Å². The van der Waals surface area contributed by atoms with E-state index in [2.05, 4.69) is 18.8 Å². The lowest BCUT2D eigenvalue weighted by Crippen LogP contribution is -1.97. The Hall–Kier alpha value is -2.54. The van der Waals surface area contributed by atoms with Crippen LogP contribution in [-0.4, -0.2) is 12.1 Å². The Morgan fingerprint density at radius 1 is 1.25 bits per heavy atom. The van der Waals surface area contributed by atoms with Gasteiger partial charge in [-0.3, -0.25) is 0 Å². The predicted octanol–water partition coefficient (Wildman–Crippen LogP) is 3.74. The predicted molar refractivity (Wildman–Crippen MR) is 76.6 cm³/mol. The molecule has 0 unspecified atom stereocenters. The highest BCUT2D eigenvalue weighted by molar-refractivity contribution is 5.73. The van der Waals surface area contributed by atoms with Crippen molar-refractivity contribution in [3.63, 3.8) is 0 Å². The van der Waals surface area contributed by atoms with Crippen LogP contribution in [0.2, 0.25) is 0 Å². The summed E-state index contributed by atoms with van der Waals surface area (Å²) in [5, 5.41) is 8.89. The Morgan fingerprint density at radius 3 is 2.70 bits per heavy atom. The van der Waals surface area contributed by atoms with Crippen molar-refractivity contribution in [3.05, 3.63) is 42.1 Å². The first kappa shape index (κ1) is 13.9. The second-order valence-corrected chi connectivity index (χ2v) is 4.66. The normalized spacial score (nSPS) is 10.2. The van der Waals surface area contributed by atoms with Crippen molar-refractivity contribution in [2.45, 2.75) is 19.8 Å². The molecule has 0 N–H and O–H groups in total. The molecule has 4 nitrogen and oxygen atoms in total. The number of hydrogen-bond acceptors (Lipinski definition) is 4. The van der Waals surface area contributed by atoms with Crippen molar-refractivity contribution >= 4 is 0 Å². The molecule has 1 aromatic carbocycles. The second-order valence-electron chi connectivity index (χ2n) is 4.66. The maximum Gasteiger partial charge on any atom is 0.292 e. The topological polar surface area (TPSA) is 55.1 Å². The molecule has 1 heterocycles. The maximum absolute atomic E-state index is 8.89. The molecule has 20 heavy (non-hydrogen) atoms. The molecule has 0 amide bonds. The molecular weight excluding hydrogens is 252 g/mol. The number of nitrogens with zero attached hydrogens (tertiary/aromatic N) is 2. The highest BCUT2D eigenvalue weighted by Crippen LogP contribution is 2.37. The first-order valence-electron chi connectivity index (χ1n) is 6.36. The van der Waals surface area contributed by atoms with Gasteiger partial charge in [0.2, 0.25) is 5.88 Å². The SMILES string of the molecule is COc1cc(-c2cccc(C(C)C)c2OC#N)ccn1. The quantitative estimate of drug-likeness (QED) is 0.792. The van der Waals surface area contributed by atoms with Crippen LogP contribution in [0.3, 0.4) is 0 Å². The number of methoxy groups -OCH3 is 1. The van der Waals surface area contributed by atoms with Crippen LogP contribution in [0.1, 0.15) is 25.3 Å². The van der Waals surface area contributed by atoms with E-state index in [1.807, 2.05) is 30.3 Å². The van der Waals surface area contributed by atoms with Crippen molar-refractivity contribution in [2.75, 3.05) is 7.11 Å². The lowest BCUT2D eigenvalue weighted by molar-refractivity contribution is 0.398. The minimum absolute atomic E-state index is 0.266. The van der Waals surface area contributed by atoms with Gasteiger partial charge in [0.25, 0.3) is 6.26 Å². The zero-order chi connectivity index (χ0) is 14.5. The van der Waals surface area contributed by atoms with Gasteiger partial charge in [0.05, 0.1) is 7.11 Å². The highest BCUT2D eigenvalue weighted by Gasteiger charge is 2.15. The largest absolute Gasteiger partial charge is 0.481 e. The monoisotopic (exact) mass is 268 g/mol.